The molecular weight excluding hydrogens is 248 g/mol. The van der Waals surface area contributed by atoms with Gasteiger partial charge in [0.05, 0.1) is 6.10 Å². The lowest BCUT2D eigenvalue weighted by molar-refractivity contribution is -0.138. The Hall–Kier alpha value is -1.75. The summed E-state index contributed by atoms with van der Waals surface area (Å²) < 4.78 is 5.17. The van der Waals surface area contributed by atoms with Crippen molar-refractivity contribution in [3.63, 3.8) is 0 Å². The Balaban J connectivity index is 2.20. The summed E-state index contributed by atoms with van der Waals surface area (Å²) in [4.78, 5) is 34.4. The van der Waals surface area contributed by atoms with Gasteiger partial charge in [0, 0.05) is 29.9 Å². The Bertz CT molecular complexity index is 488. The molecule has 3 atom stereocenters. The number of hydrogen-bond acceptors (Lipinski definition) is 5. The van der Waals surface area contributed by atoms with E-state index < -0.39 is 18.2 Å². The molecule has 3 unspecified atom stereocenters. The summed E-state index contributed by atoms with van der Waals surface area (Å²) in [6, 6.07) is 0. The third-order valence-electron chi connectivity index (χ3n) is 3.51. The molecule has 2 aliphatic rings. The van der Waals surface area contributed by atoms with Crippen LogP contribution in [0.4, 0.5) is 0 Å². The lowest BCUT2D eigenvalue weighted by Crippen LogP contribution is -2.23. The van der Waals surface area contributed by atoms with Crippen molar-refractivity contribution >= 4 is 17.5 Å². The first-order chi connectivity index (χ1) is 8.90. The minimum Gasteiger partial charge on any atom is -0.453 e. The second-order valence-corrected chi connectivity index (χ2v) is 5.01. The molecule has 0 radical (unpaired) electrons. The summed E-state index contributed by atoms with van der Waals surface area (Å²) in [6.45, 7) is 5.14. The van der Waals surface area contributed by atoms with Gasteiger partial charge in [-0.2, -0.15) is 0 Å². The van der Waals surface area contributed by atoms with Gasteiger partial charge in [-0.05, 0) is 19.4 Å². The molecule has 0 aromatic carbocycles. The van der Waals surface area contributed by atoms with Crippen LogP contribution in [-0.4, -0.2) is 34.9 Å². The van der Waals surface area contributed by atoms with E-state index in [0.717, 1.165) is 0 Å². The van der Waals surface area contributed by atoms with E-state index in [1.807, 2.05) is 0 Å². The van der Waals surface area contributed by atoms with E-state index in [0.29, 0.717) is 24.0 Å². The van der Waals surface area contributed by atoms with E-state index in [2.05, 4.69) is 6.58 Å². The molecule has 0 aromatic rings. The van der Waals surface area contributed by atoms with Crippen molar-refractivity contribution < 1.29 is 24.2 Å². The Morgan fingerprint density at radius 1 is 1.53 bits per heavy atom. The van der Waals surface area contributed by atoms with Crippen molar-refractivity contribution in [1.29, 1.82) is 0 Å². The molecular formula is C14H16O5. The van der Waals surface area contributed by atoms with Crippen LogP contribution in [0.5, 0.6) is 0 Å². The van der Waals surface area contributed by atoms with Crippen LogP contribution in [0.25, 0.3) is 0 Å². The van der Waals surface area contributed by atoms with E-state index in [-0.39, 0.29) is 23.9 Å². The molecule has 1 heterocycles. The van der Waals surface area contributed by atoms with E-state index in [1.54, 1.807) is 0 Å². The molecule has 0 amide bonds. The lowest BCUT2D eigenvalue weighted by atomic mass is 9.87. The summed E-state index contributed by atoms with van der Waals surface area (Å²) >= 11 is 0. The van der Waals surface area contributed by atoms with Gasteiger partial charge in [0.2, 0.25) is 0 Å². The van der Waals surface area contributed by atoms with Crippen LogP contribution in [0.3, 0.4) is 0 Å². The molecule has 1 aliphatic carbocycles. The SMILES string of the molecule is C=C1C(=O)OC(C2=CC(O)CC2=O)C1CCC(C)=O. The molecule has 0 aromatic heterocycles. The minimum atomic E-state index is -0.816. The smallest absolute Gasteiger partial charge is 0.334 e. The number of aliphatic hydroxyl groups is 1. The fraction of sp³-hybridized carbons (Fsp3) is 0.500. The van der Waals surface area contributed by atoms with Crippen molar-refractivity contribution in [3.05, 3.63) is 23.8 Å². The Morgan fingerprint density at radius 3 is 2.74 bits per heavy atom. The zero-order valence-electron chi connectivity index (χ0n) is 10.7. The number of Topliss-reactive ketones (excluding diaryl/α,β-unsaturated/α-hetero) is 2. The maximum atomic E-state index is 11.8. The average Bonchev–Trinajstić information content (AvgIpc) is 2.78. The Kier molecular flexibility index (Phi) is 3.66. The second kappa shape index (κ2) is 5.09. The highest BCUT2D eigenvalue weighted by Crippen LogP contribution is 2.37. The molecule has 2 rings (SSSR count). The first-order valence-corrected chi connectivity index (χ1v) is 6.22. The number of ketones is 2. The number of rotatable bonds is 4. The normalized spacial score (nSPS) is 30.5. The summed E-state index contributed by atoms with van der Waals surface area (Å²) in [5, 5.41) is 9.45. The maximum absolute atomic E-state index is 11.8. The number of ether oxygens (including phenoxy) is 1. The van der Waals surface area contributed by atoms with Crippen LogP contribution in [-0.2, 0) is 19.1 Å². The molecule has 1 fully saturated rings. The zero-order chi connectivity index (χ0) is 14.2. The van der Waals surface area contributed by atoms with Crippen molar-refractivity contribution in [3.8, 4) is 0 Å². The van der Waals surface area contributed by atoms with Crippen LogP contribution < -0.4 is 0 Å². The van der Waals surface area contributed by atoms with Crippen molar-refractivity contribution in [2.45, 2.75) is 38.4 Å². The molecule has 1 aliphatic heterocycles. The Morgan fingerprint density at radius 2 is 2.21 bits per heavy atom. The predicted molar refractivity (Wildman–Crippen MR) is 66.1 cm³/mol. The molecule has 0 saturated carbocycles. The summed E-state index contributed by atoms with van der Waals surface area (Å²) in [6.07, 6.45) is 0.661. The second-order valence-electron chi connectivity index (χ2n) is 5.01. The van der Waals surface area contributed by atoms with Gasteiger partial charge in [0.25, 0.3) is 0 Å². The van der Waals surface area contributed by atoms with Gasteiger partial charge >= 0.3 is 5.97 Å². The van der Waals surface area contributed by atoms with Crippen LogP contribution in [0.15, 0.2) is 23.8 Å². The molecule has 0 spiro atoms. The summed E-state index contributed by atoms with van der Waals surface area (Å²) in [7, 11) is 0. The number of aliphatic hydroxyl groups excluding tert-OH is 1. The molecule has 5 heteroatoms. The first kappa shape index (κ1) is 13.7. The average molecular weight is 264 g/mol. The van der Waals surface area contributed by atoms with Gasteiger partial charge in [-0.1, -0.05) is 6.58 Å². The van der Waals surface area contributed by atoms with E-state index in [1.165, 1.54) is 13.0 Å². The van der Waals surface area contributed by atoms with Gasteiger partial charge in [0.15, 0.2) is 5.78 Å². The molecule has 1 saturated heterocycles. The maximum Gasteiger partial charge on any atom is 0.334 e. The fourth-order valence-electron chi connectivity index (χ4n) is 2.49. The summed E-state index contributed by atoms with van der Waals surface area (Å²) in [5.41, 5.74) is 0.620. The quantitative estimate of drug-likeness (QED) is 0.597. The predicted octanol–water partition coefficient (Wildman–Crippen LogP) is 0.714. The highest BCUT2D eigenvalue weighted by atomic mass is 16.6. The highest BCUT2D eigenvalue weighted by molar-refractivity contribution is 6.01. The molecule has 102 valence electrons. The van der Waals surface area contributed by atoms with E-state index >= 15 is 0 Å². The molecule has 1 N–H and O–H groups in total. The van der Waals surface area contributed by atoms with Crippen molar-refractivity contribution in [2.24, 2.45) is 5.92 Å². The fourth-order valence-corrected chi connectivity index (χ4v) is 2.49. The van der Waals surface area contributed by atoms with Gasteiger partial charge in [-0.15, -0.1) is 0 Å². The first-order valence-electron chi connectivity index (χ1n) is 6.22. The van der Waals surface area contributed by atoms with E-state index in [9.17, 15) is 19.5 Å². The van der Waals surface area contributed by atoms with Gasteiger partial charge < -0.3 is 14.6 Å². The number of esters is 1. The minimum absolute atomic E-state index is 0.0117. The van der Waals surface area contributed by atoms with Crippen molar-refractivity contribution in [2.75, 3.05) is 0 Å². The zero-order valence-corrected chi connectivity index (χ0v) is 10.7. The molecule has 5 nitrogen and oxygen atoms in total. The van der Waals surface area contributed by atoms with E-state index in [4.69, 9.17) is 4.74 Å². The largest absolute Gasteiger partial charge is 0.453 e. The Labute approximate surface area is 110 Å². The third kappa shape index (κ3) is 2.66. The third-order valence-corrected chi connectivity index (χ3v) is 3.51. The van der Waals surface area contributed by atoms with Gasteiger partial charge in [0.1, 0.15) is 11.9 Å². The number of carbonyl (C=O) groups is 3. The van der Waals surface area contributed by atoms with Crippen LogP contribution in [0.2, 0.25) is 0 Å². The number of cyclic esters (lactones) is 1. The topological polar surface area (TPSA) is 80.7 Å². The summed E-state index contributed by atoms with van der Waals surface area (Å²) in [5.74, 6) is -1.10. The van der Waals surface area contributed by atoms with Crippen LogP contribution in [0, 0.1) is 5.92 Å². The molecule has 0 bridgehead atoms. The standard InChI is InChI=1S/C14H16O5/c1-7(15)3-4-10-8(2)14(18)19-13(10)11-5-9(16)6-12(11)17/h5,9-10,13,16H,2-4,6H2,1H3. The van der Waals surface area contributed by atoms with Crippen LogP contribution in [0.1, 0.15) is 26.2 Å². The number of hydrogen-bond donors (Lipinski definition) is 1. The molecule has 19 heavy (non-hydrogen) atoms. The van der Waals surface area contributed by atoms with Gasteiger partial charge in [-0.3, -0.25) is 4.79 Å². The monoisotopic (exact) mass is 264 g/mol. The van der Waals surface area contributed by atoms with Crippen LogP contribution >= 0.6 is 0 Å². The van der Waals surface area contributed by atoms with Gasteiger partial charge in [-0.25, -0.2) is 4.79 Å². The highest BCUT2D eigenvalue weighted by Gasteiger charge is 2.44. The lowest BCUT2D eigenvalue weighted by Gasteiger charge is -2.17. The van der Waals surface area contributed by atoms with Crippen molar-refractivity contribution in [1.82, 2.24) is 0 Å². The number of carbonyl (C=O) groups excluding carboxylic acids is 3.